The van der Waals surface area contributed by atoms with Gasteiger partial charge in [0.25, 0.3) is 0 Å². The van der Waals surface area contributed by atoms with E-state index in [1.54, 1.807) is 0 Å². The van der Waals surface area contributed by atoms with Gasteiger partial charge in [0.1, 0.15) is 0 Å². The molecule has 1 fully saturated rings. The van der Waals surface area contributed by atoms with Gasteiger partial charge < -0.3 is 24.8 Å². The zero-order chi connectivity index (χ0) is 31.6. The minimum absolute atomic E-state index is 0. The molecular formula is C46H38Cl2Zr. The molecule has 240 valence electrons. The van der Waals surface area contributed by atoms with E-state index in [0.717, 1.165) is 0 Å². The molecule has 0 nitrogen and oxygen atoms in total. The normalized spacial score (nSPS) is 19.4. The van der Waals surface area contributed by atoms with Crippen molar-refractivity contribution in [2.24, 2.45) is 0 Å². The van der Waals surface area contributed by atoms with E-state index in [1.165, 1.54) is 55.7 Å². The first-order valence-electron chi connectivity index (χ1n) is 16.9. The zero-order valence-electron chi connectivity index (χ0n) is 27.7. The minimum Gasteiger partial charge on any atom is -1.00 e. The van der Waals surface area contributed by atoms with E-state index < -0.39 is 20.3 Å². The number of allylic oxidation sites excluding steroid dienone is 2. The summed E-state index contributed by atoms with van der Waals surface area (Å²) in [6.45, 7) is 4.89. The number of fused-ring (bicyclic) bond motifs is 2. The molecule has 0 saturated carbocycles. The summed E-state index contributed by atoms with van der Waals surface area (Å²) in [6, 6.07) is 65.4. The third-order valence-corrected chi connectivity index (χ3v) is 30.2. The van der Waals surface area contributed by atoms with Crippen molar-refractivity contribution in [2.45, 2.75) is 27.3 Å². The molecule has 0 spiro atoms. The van der Waals surface area contributed by atoms with Crippen LogP contribution in [-0.4, -0.2) is 0 Å². The van der Waals surface area contributed by atoms with Crippen molar-refractivity contribution in [3.8, 4) is 0 Å². The molecule has 3 heteroatoms. The maximum absolute atomic E-state index is 4.17. The first kappa shape index (κ1) is 33.7. The maximum atomic E-state index is 2.53. The van der Waals surface area contributed by atoms with Crippen LogP contribution in [0.3, 0.4) is 0 Å². The summed E-state index contributed by atoms with van der Waals surface area (Å²) in [6.07, 6.45) is 5.05. The van der Waals surface area contributed by atoms with Crippen LogP contribution in [0.5, 0.6) is 0 Å². The molecular weight excluding hydrogens is 715 g/mol. The molecule has 3 aliphatic rings. The first-order chi connectivity index (χ1) is 23.2. The number of hydrogen-bond donors (Lipinski definition) is 0. The van der Waals surface area contributed by atoms with Gasteiger partial charge in [-0.3, -0.25) is 0 Å². The van der Waals surface area contributed by atoms with Crippen LogP contribution in [0.25, 0.3) is 12.2 Å². The molecule has 2 unspecified atom stereocenters. The van der Waals surface area contributed by atoms with Crippen molar-refractivity contribution >= 4 is 12.2 Å². The molecule has 0 bridgehead atoms. The fourth-order valence-corrected chi connectivity index (χ4v) is 36.3. The van der Waals surface area contributed by atoms with E-state index in [1.807, 2.05) is 0 Å². The second-order valence-corrected chi connectivity index (χ2v) is 24.5. The summed E-state index contributed by atoms with van der Waals surface area (Å²) < 4.78 is 0.282. The van der Waals surface area contributed by atoms with Crippen LogP contribution in [0.1, 0.15) is 65.6 Å². The van der Waals surface area contributed by atoms with Crippen LogP contribution in [0.4, 0.5) is 0 Å². The maximum Gasteiger partial charge on any atom is -1.00 e. The molecule has 0 N–H and O–H groups in total. The molecule has 6 aromatic carbocycles. The van der Waals surface area contributed by atoms with Gasteiger partial charge in [-0.1, -0.05) is 0 Å². The Labute approximate surface area is 307 Å². The summed E-state index contributed by atoms with van der Waals surface area (Å²) in [7, 11) is 0. The summed E-state index contributed by atoms with van der Waals surface area (Å²) in [4.78, 5) is 0. The van der Waals surface area contributed by atoms with Crippen molar-refractivity contribution < 1.29 is 45.1 Å². The van der Waals surface area contributed by atoms with E-state index in [0.29, 0.717) is 7.25 Å². The Kier molecular flexibility index (Phi) is 8.86. The molecule has 0 aromatic heterocycles. The van der Waals surface area contributed by atoms with Crippen LogP contribution in [0.2, 0.25) is 0 Å². The van der Waals surface area contributed by atoms with Crippen LogP contribution in [0.15, 0.2) is 181 Å². The largest absolute Gasteiger partial charge is 1.00 e. The molecule has 0 amide bonds. The molecule has 49 heavy (non-hydrogen) atoms. The molecule has 2 atom stereocenters. The topological polar surface area (TPSA) is 0 Å². The Morgan fingerprint density at radius 2 is 0.633 bits per heavy atom. The van der Waals surface area contributed by atoms with Gasteiger partial charge in [-0.2, -0.15) is 0 Å². The molecule has 1 saturated heterocycles. The molecule has 6 aromatic rings. The SMILES string of the molecule is CC1=Cc2ccccc2[CH]1[Zr+2]1([CH]2C(C)=Cc3ccccc32)[C](c2ccccc2)(c2ccccc2)[C]1(c1ccccc1)c1ccccc1.[Cl-].[Cl-]. The Hall–Kier alpha value is -3.74. The van der Waals surface area contributed by atoms with E-state index >= 15 is 0 Å². The van der Waals surface area contributed by atoms with Gasteiger partial charge in [-0.25, -0.2) is 0 Å². The Bertz CT molecular complexity index is 1930. The van der Waals surface area contributed by atoms with Crippen molar-refractivity contribution in [1.82, 2.24) is 0 Å². The second-order valence-electron chi connectivity index (χ2n) is 13.7. The smallest absolute Gasteiger partial charge is 1.00 e. The molecule has 2 aliphatic carbocycles. The Morgan fingerprint density at radius 1 is 0.367 bits per heavy atom. The third-order valence-electron chi connectivity index (χ3n) is 11.8. The van der Waals surface area contributed by atoms with Gasteiger partial charge in [-0.15, -0.1) is 0 Å². The summed E-state index contributed by atoms with van der Waals surface area (Å²) in [5.74, 6) is 0. The first-order valence-corrected chi connectivity index (χ1v) is 22.2. The monoisotopic (exact) mass is 750 g/mol. The van der Waals surface area contributed by atoms with E-state index in [-0.39, 0.29) is 31.1 Å². The van der Waals surface area contributed by atoms with Crippen LogP contribution in [0, 0.1) is 0 Å². The zero-order valence-corrected chi connectivity index (χ0v) is 31.7. The number of benzene rings is 6. The summed E-state index contributed by atoms with van der Waals surface area (Å²) >= 11 is -4.17. The Morgan fingerprint density at radius 3 is 0.939 bits per heavy atom. The number of halogens is 2. The van der Waals surface area contributed by atoms with Crippen molar-refractivity contribution in [2.75, 3.05) is 0 Å². The van der Waals surface area contributed by atoms with Crippen molar-refractivity contribution in [3.05, 3.63) is 226 Å². The third kappa shape index (κ3) is 4.32. The number of hydrogen-bond acceptors (Lipinski definition) is 0. The van der Waals surface area contributed by atoms with E-state index in [2.05, 4.69) is 196 Å². The fourth-order valence-electron chi connectivity index (χ4n) is 10.7. The standard InChI is InChI=1S/C26H20.2C10H9.2ClH.Zr/c1-5-13-21(14-6-1)25(22-15-7-2-8-16-22)26(23-17-9-3-10-18-23)24-19-11-4-12-20-24;2*1-8-6-9-4-2-3-5-10(9)7-8;;;/h1-20H;2*2-7H,1H3;2*1H;/q;;;;;+2/p-2. The fraction of sp³-hybridized carbons (Fsp3) is 0.130. The summed E-state index contributed by atoms with van der Waals surface area (Å²) in [5.41, 5.74) is 14.8. The van der Waals surface area contributed by atoms with E-state index in [4.69, 9.17) is 0 Å². The molecule has 1 heterocycles. The predicted octanol–water partition coefficient (Wildman–Crippen LogP) is 5.37. The van der Waals surface area contributed by atoms with Crippen LogP contribution < -0.4 is 24.8 Å². The molecule has 0 radical (unpaired) electrons. The van der Waals surface area contributed by atoms with Gasteiger partial charge in [0.05, 0.1) is 0 Å². The van der Waals surface area contributed by atoms with Gasteiger partial charge in [-0.05, 0) is 0 Å². The molecule has 1 aliphatic heterocycles. The van der Waals surface area contributed by atoms with Crippen molar-refractivity contribution in [1.29, 1.82) is 0 Å². The van der Waals surface area contributed by atoms with Crippen LogP contribution >= 0.6 is 0 Å². The Balaban J connectivity index is 0.00000189. The average molecular weight is 753 g/mol. The van der Waals surface area contributed by atoms with Crippen molar-refractivity contribution in [3.63, 3.8) is 0 Å². The quantitative estimate of drug-likeness (QED) is 0.215. The number of rotatable bonds is 6. The van der Waals surface area contributed by atoms with Gasteiger partial charge in [0.2, 0.25) is 0 Å². The van der Waals surface area contributed by atoms with Gasteiger partial charge in [0, 0.05) is 0 Å². The van der Waals surface area contributed by atoms with Gasteiger partial charge in [0.15, 0.2) is 0 Å². The molecule has 9 rings (SSSR count). The average Bonchev–Trinajstić information content (AvgIpc) is 3.29. The van der Waals surface area contributed by atoms with E-state index in [9.17, 15) is 0 Å². The minimum atomic E-state index is -4.17. The van der Waals surface area contributed by atoms with Gasteiger partial charge >= 0.3 is 285 Å². The predicted molar refractivity (Wildman–Crippen MR) is 193 cm³/mol. The van der Waals surface area contributed by atoms with Crippen LogP contribution in [-0.2, 0) is 26.5 Å². The summed E-state index contributed by atoms with van der Waals surface area (Å²) in [5, 5.41) is 0. The second kappa shape index (κ2) is 12.9.